The number of rotatable bonds is 7. The van der Waals surface area contributed by atoms with Gasteiger partial charge in [-0.2, -0.15) is 0 Å². The van der Waals surface area contributed by atoms with Crippen LogP contribution in [0.4, 0.5) is 0 Å². The molecule has 0 fully saturated rings. The molecule has 1 aromatic heterocycles. The molecule has 5 nitrogen and oxygen atoms in total. The molecule has 1 heterocycles. The number of hydrogen-bond donors (Lipinski definition) is 0. The van der Waals surface area contributed by atoms with Gasteiger partial charge >= 0.3 is 0 Å². The summed E-state index contributed by atoms with van der Waals surface area (Å²) in [5, 5.41) is 0. The second-order valence-electron chi connectivity index (χ2n) is 3.23. The van der Waals surface area contributed by atoms with Crippen molar-refractivity contribution in [3.8, 4) is 5.88 Å². The van der Waals surface area contributed by atoms with Gasteiger partial charge in [0, 0.05) is 23.4 Å². The van der Waals surface area contributed by atoms with Crippen LogP contribution in [-0.4, -0.2) is 33.2 Å². The van der Waals surface area contributed by atoms with Crippen LogP contribution in [0.15, 0.2) is 23.2 Å². The smallest absolute Gasteiger partial charge is 0.262 e. The average molecular weight is 280 g/mol. The van der Waals surface area contributed by atoms with Crippen molar-refractivity contribution in [2.75, 3.05) is 19.8 Å². The zero-order valence-electron chi connectivity index (χ0n) is 9.43. The number of aromatic nitrogens is 1. The summed E-state index contributed by atoms with van der Waals surface area (Å²) in [5.74, 6) is 0.342. The highest BCUT2D eigenvalue weighted by Gasteiger charge is 2.09. The Kier molecular flexibility index (Phi) is 5.67. The zero-order chi connectivity index (χ0) is 12.7. The molecule has 0 aliphatic carbocycles. The Bertz CT molecular complexity index is 432. The van der Waals surface area contributed by atoms with Crippen molar-refractivity contribution in [3.63, 3.8) is 0 Å². The standard InChI is InChI=1S/C10H14ClNO4S/c1-2-5-15-6-7-16-10-4-3-9(8-12-10)17(11,13)14/h3-4,8H,2,5-7H2,1H3. The molecule has 0 aromatic carbocycles. The van der Waals surface area contributed by atoms with E-state index in [0.29, 0.717) is 25.7 Å². The highest BCUT2D eigenvalue weighted by atomic mass is 35.7. The molecule has 0 saturated carbocycles. The van der Waals surface area contributed by atoms with Crippen LogP contribution in [-0.2, 0) is 13.8 Å². The van der Waals surface area contributed by atoms with Crippen LogP contribution in [0.25, 0.3) is 0 Å². The lowest BCUT2D eigenvalue weighted by molar-refractivity contribution is 0.0990. The van der Waals surface area contributed by atoms with E-state index < -0.39 is 9.05 Å². The zero-order valence-corrected chi connectivity index (χ0v) is 11.0. The maximum absolute atomic E-state index is 10.9. The fourth-order valence-electron chi connectivity index (χ4n) is 1.05. The molecule has 0 N–H and O–H groups in total. The predicted octanol–water partition coefficient (Wildman–Crippen LogP) is 1.81. The molecule has 0 amide bonds. The van der Waals surface area contributed by atoms with E-state index in [0.717, 1.165) is 12.6 Å². The molecule has 0 spiro atoms. The fraction of sp³-hybridized carbons (Fsp3) is 0.500. The first-order chi connectivity index (χ1) is 8.04. The largest absolute Gasteiger partial charge is 0.475 e. The molecule has 17 heavy (non-hydrogen) atoms. The SMILES string of the molecule is CCCOCCOc1ccc(S(=O)(=O)Cl)cn1. The van der Waals surface area contributed by atoms with Crippen molar-refractivity contribution in [3.05, 3.63) is 18.3 Å². The van der Waals surface area contributed by atoms with Crippen LogP contribution in [0, 0.1) is 0 Å². The van der Waals surface area contributed by atoms with Crippen molar-refractivity contribution in [1.82, 2.24) is 4.98 Å². The maximum Gasteiger partial charge on any atom is 0.262 e. The minimum absolute atomic E-state index is 0.0475. The van der Waals surface area contributed by atoms with Crippen molar-refractivity contribution in [2.45, 2.75) is 18.2 Å². The van der Waals surface area contributed by atoms with Gasteiger partial charge in [0.2, 0.25) is 5.88 Å². The fourth-order valence-corrected chi connectivity index (χ4v) is 1.73. The van der Waals surface area contributed by atoms with E-state index in [4.69, 9.17) is 20.2 Å². The summed E-state index contributed by atoms with van der Waals surface area (Å²) < 4.78 is 32.3. The molecule has 96 valence electrons. The average Bonchev–Trinajstić information content (AvgIpc) is 2.28. The van der Waals surface area contributed by atoms with Gasteiger partial charge in [0.05, 0.1) is 12.8 Å². The van der Waals surface area contributed by atoms with Gasteiger partial charge in [0.15, 0.2) is 0 Å². The molecular formula is C10H14ClNO4S. The minimum Gasteiger partial charge on any atom is -0.475 e. The van der Waals surface area contributed by atoms with Gasteiger partial charge in [-0.1, -0.05) is 6.92 Å². The van der Waals surface area contributed by atoms with Gasteiger partial charge in [-0.15, -0.1) is 0 Å². The number of halogens is 1. The molecule has 0 atom stereocenters. The van der Waals surface area contributed by atoms with E-state index in [1.807, 2.05) is 6.92 Å². The highest BCUT2D eigenvalue weighted by Crippen LogP contribution is 2.15. The third-order valence-electron chi connectivity index (χ3n) is 1.82. The third kappa shape index (κ3) is 5.34. The Morgan fingerprint density at radius 3 is 2.59 bits per heavy atom. The Balaban J connectivity index is 2.41. The van der Waals surface area contributed by atoms with E-state index in [9.17, 15) is 8.42 Å². The number of pyridine rings is 1. The van der Waals surface area contributed by atoms with E-state index in [1.54, 1.807) is 0 Å². The van der Waals surface area contributed by atoms with Crippen LogP contribution in [0.5, 0.6) is 5.88 Å². The molecule has 0 radical (unpaired) electrons. The molecule has 1 aromatic rings. The van der Waals surface area contributed by atoms with Crippen molar-refractivity contribution < 1.29 is 17.9 Å². The molecule has 0 bridgehead atoms. The van der Waals surface area contributed by atoms with Crippen LogP contribution < -0.4 is 4.74 Å². The normalized spacial score (nSPS) is 11.4. The second-order valence-corrected chi connectivity index (χ2v) is 5.80. The topological polar surface area (TPSA) is 65.5 Å². The summed E-state index contributed by atoms with van der Waals surface area (Å²) in [4.78, 5) is 3.77. The third-order valence-corrected chi connectivity index (χ3v) is 3.16. The molecule has 7 heteroatoms. The lowest BCUT2D eigenvalue weighted by Gasteiger charge is -2.05. The van der Waals surface area contributed by atoms with Crippen LogP contribution in [0.1, 0.15) is 13.3 Å². The first-order valence-electron chi connectivity index (χ1n) is 5.15. The van der Waals surface area contributed by atoms with Gasteiger partial charge in [-0.3, -0.25) is 0 Å². The predicted molar refractivity (Wildman–Crippen MR) is 63.9 cm³/mol. The summed E-state index contributed by atoms with van der Waals surface area (Å²) in [6.07, 6.45) is 2.12. The summed E-state index contributed by atoms with van der Waals surface area (Å²) in [6, 6.07) is 2.80. The van der Waals surface area contributed by atoms with E-state index in [-0.39, 0.29) is 4.90 Å². The lowest BCUT2D eigenvalue weighted by atomic mass is 10.5. The molecular weight excluding hydrogens is 266 g/mol. The first kappa shape index (κ1) is 14.2. The van der Waals surface area contributed by atoms with Gasteiger partial charge in [0.1, 0.15) is 11.5 Å². The Labute approximate surface area is 105 Å². The molecule has 0 aliphatic rings. The monoisotopic (exact) mass is 279 g/mol. The van der Waals surface area contributed by atoms with Crippen molar-refractivity contribution >= 4 is 19.7 Å². The summed E-state index contributed by atoms with van der Waals surface area (Å²) in [7, 11) is 1.42. The van der Waals surface area contributed by atoms with Gasteiger partial charge in [0.25, 0.3) is 9.05 Å². The number of hydrogen-bond acceptors (Lipinski definition) is 5. The first-order valence-corrected chi connectivity index (χ1v) is 7.46. The number of ether oxygens (including phenoxy) is 2. The quantitative estimate of drug-likeness (QED) is 0.563. The molecule has 1 rings (SSSR count). The van der Waals surface area contributed by atoms with Crippen LogP contribution in [0.2, 0.25) is 0 Å². The summed E-state index contributed by atoms with van der Waals surface area (Å²) in [6.45, 7) is 3.57. The van der Waals surface area contributed by atoms with Gasteiger partial charge in [-0.05, 0) is 12.5 Å². The van der Waals surface area contributed by atoms with E-state index >= 15 is 0 Å². The Morgan fingerprint density at radius 1 is 1.29 bits per heavy atom. The van der Waals surface area contributed by atoms with Crippen molar-refractivity contribution in [2.24, 2.45) is 0 Å². The molecule has 0 saturated heterocycles. The van der Waals surface area contributed by atoms with Crippen LogP contribution in [0.3, 0.4) is 0 Å². The second kappa shape index (κ2) is 6.78. The summed E-state index contributed by atoms with van der Waals surface area (Å²) in [5.41, 5.74) is 0. The van der Waals surface area contributed by atoms with Gasteiger partial charge < -0.3 is 9.47 Å². The van der Waals surface area contributed by atoms with Crippen LogP contribution >= 0.6 is 10.7 Å². The minimum atomic E-state index is -3.72. The van der Waals surface area contributed by atoms with Crippen molar-refractivity contribution in [1.29, 1.82) is 0 Å². The van der Waals surface area contributed by atoms with Gasteiger partial charge in [-0.25, -0.2) is 13.4 Å². The summed E-state index contributed by atoms with van der Waals surface area (Å²) >= 11 is 0. The molecule has 0 unspecified atom stereocenters. The maximum atomic E-state index is 10.9. The molecule has 0 aliphatic heterocycles. The number of nitrogens with zero attached hydrogens (tertiary/aromatic N) is 1. The lowest BCUT2D eigenvalue weighted by Crippen LogP contribution is -2.08. The Morgan fingerprint density at radius 2 is 2.06 bits per heavy atom. The Hall–Kier alpha value is -0.850. The highest BCUT2D eigenvalue weighted by molar-refractivity contribution is 8.13. The van der Waals surface area contributed by atoms with E-state index in [2.05, 4.69) is 4.98 Å². The van der Waals surface area contributed by atoms with E-state index in [1.165, 1.54) is 12.1 Å².